The van der Waals surface area contributed by atoms with Gasteiger partial charge in [-0.2, -0.15) is 0 Å². The Kier molecular flexibility index (Phi) is 13.6. The zero-order chi connectivity index (χ0) is 34.8. The van der Waals surface area contributed by atoms with Crippen LogP contribution in [0.25, 0.3) is 0 Å². The summed E-state index contributed by atoms with van der Waals surface area (Å²) in [7, 11) is 0. The summed E-state index contributed by atoms with van der Waals surface area (Å²) in [6.07, 6.45) is 18.7. The van der Waals surface area contributed by atoms with E-state index in [2.05, 4.69) is 30.5 Å². The summed E-state index contributed by atoms with van der Waals surface area (Å²) >= 11 is 0. The minimum absolute atomic E-state index is 0.0693. The number of rotatable bonds is 18. The molecule has 6 heteroatoms. The molecule has 0 spiro atoms. The molecular formula is C43H64N2O4. The third kappa shape index (κ3) is 9.48. The van der Waals surface area contributed by atoms with Gasteiger partial charge in [0.2, 0.25) is 11.8 Å². The number of phenols is 1. The summed E-state index contributed by atoms with van der Waals surface area (Å²) in [6, 6.07) is 15.3. The summed E-state index contributed by atoms with van der Waals surface area (Å²) in [4.78, 5) is 25.6. The summed E-state index contributed by atoms with van der Waals surface area (Å²) < 4.78 is 0. The third-order valence-corrected chi connectivity index (χ3v) is 12.9. The summed E-state index contributed by atoms with van der Waals surface area (Å²) in [5, 5.41) is 27.3. The molecule has 3 aliphatic rings. The molecule has 6 nitrogen and oxygen atoms in total. The van der Waals surface area contributed by atoms with Gasteiger partial charge in [-0.1, -0.05) is 115 Å². The van der Waals surface area contributed by atoms with Crippen LogP contribution < -0.4 is 10.6 Å². The smallest absolute Gasteiger partial charge is 0.242 e. The Labute approximate surface area is 296 Å². The number of phenolic OH excluding ortho intramolecular Hbond substituents is 1. The standard InChI is InChI=1S/C43H64N2O4/c1-4-30(2)41(45-39(48)27-31-17-13-12-14-18-31)42(49)44-26-16-11-9-7-5-6-8-10-15-19-32-28-33-29-34(46)20-21-35(33)36-24-25-43(3)37(40(32)36)22-23-38(43)47/h12-14,17-18,20-21,29-30,32,36-38,40-41,46-47H,4-11,15-16,19,22-28H2,1-3H3,(H,44,49)(H,45,48)/t30-,32+,36+,37-,38-,40+,41-,43-/m0/s1. The van der Waals surface area contributed by atoms with E-state index in [0.29, 0.717) is 36.0 Å². The van der Waals surface area contributed by atoms with Gasteiger partial charge in [0.25, 0.3) is 0 Å². The maximum atomic E-state index is 13.0. The molecule has 0 saturated heterocycles. The van der Waals surface area contributed by atoms with Crippen LogP contribution in [0.3, 0.4) is 0 Å². The Bertz CT molecular complexity index is 1350. The van der Waals surface area contributed by atoms with Crippen molar-refractivity contribution in [3.63, 3.8) is 0 Å². The maximum absolute atomic E-state index is 13.0. The van der Waals surface area contributed by atoms with Crippen molar-refractivity contribution in [1.29, 1.82) is 0 Å². The van der Waals surface area contributed by atoms with Gasteiger partial charge in [-0.25, -0.2) is 0 Å². The minimum Gasteiger partial charge on any atom is -0.508 e. The van der Waals surface area contributed by atoms with Gasteiger partial charge >= 0.3 is 0 Å². The monoisotopic (exact) mass is 672 g/mol. The van der Waals surface area contributed by atoms with Gasteiger partial charge in [0.15, 0.2) is 0 Å². The molecule has 49 heavy (non-hydrogen) atoms. The molecule has 0 bridgehead atoms. The molecule has 0 aromatic heterocycles. The number of nitrogens with one attached hydrogen (secondary N) is 2. The number of benzene rings is 2. The van der Waals surface area contributed by atoms with Gasteiger partial charge in [-0.05, 0) is 109 Å². The fourth-order valence-electron chi connectivity index (χ4n) is 9.83. The van der Waals surface area contributed by atoms with Crippen molar-refractivity contribution < 1.29 is 19.8 Å². The topological polar surface area (TPSA) is 98.7 Å². The maximum Gasteiger partial charge on any atom is 0.242 e. The first-order valence-corrected chi connectivity index (χ1v) is 19.8. The number of hydrogen-bond donors (Lipinski definition) is 4. The second-order valence-corrected chi connectivity index (χ2v) is 16.1. The number of hydrogen-bond acceptors (Lipinski definition) is 4. The van der Waals surface area contributed by atoms with Crippen molar-refractivity contribution in [3.8, 4) is 5.75 Å². The van der Waals surface area contributed by atoms with Crippen molar-refractivity contribution >= 4 is 11.8 Å². The van der Waals surface area contributed by atoms with Crippen molar-refractivity contribution in [1.82, 2.24) is 10.6 Å². The number of carbonyl (C=O) groups is 2. The van der Waals surface area contributed by atoms with E-state index in [4.69, 9.17) is 0 Å². The largest absolute Gasteiger partial charge is 0.508 e. The number of unbranched alkanes of at least 4 members (excludes halogenated alkanes) is 8. The quantitative estimate of drug-likeness (QED) is 0.119. The van der Waals surface area contributed by atoms with E-state index in [1.807, 2.05) is 49.4 Å². The molecule has 8 atom stereocenters. The molecular weight excluding hydrogens is 608 g/mol. The first-order chi connectivity index (χ1) is 23.7. The SMILES string of the molecule is CC[C@H](C)[C@H](NC(=O)Cc1ccccc1)C(=O)NCCCCCCCCCCC[C@@H]1Cc2cc(O)ccc2[C@H]2CC[C@]3(C)[C@@H](O)CC[C@H]3[C@H]12. The van der Waals surface area contributed by atoms with Crippen LogP contribution in [0.2, 0.25) is 0 Å². The molecule has 0 heterocycles. The van der Waals surface area contributed by atoms with Crippen LogP contribution in [-0.4, -0.2) is 40.7 Å². The molecule has 0 radical (unpaired) electrons. The van der Waals surface area contributed by atoms with E-state index in [1.54, 1.807) is 0 Å². The van der Waals surface area contributed by atoms with E-state index in [-0.39, 0.29) is 35.7 Å². The molecule has 2 amide bonds. The summed E-state index contributed by atoms with van der Waals surface area (Å²) in [5.41, 5.74) is 3.88. The van der Waals surface area contributed by atoms with Crippen molar-refractivity contribution in [2.75, 3.05) is 6.54 Å². The number of aliphatic hydroxyl groups is 1. The van der Waals surface area contributed by atoms with Gasteiger partial charge < -0.3 is 20.8 Å². The Balaban J connectivity index is 0.952. The Hall–Kier alpha value is -2.86. The highest BCUT2D eigenvalue weighted by Gasteiger charge is 2.56. The Morgan fingerprint density at radius 1 is 0.918 bits per heavy atom. The summed E-state index contributed by atoms with van der Waals surface area (Å²) in [6.45, 7) is 7.10. The zero-order valence-corrected chi connectivity index (χ0v) is 30.6. The minimum atomic E-state index is -0.497. The molecule has 2 aromatic rings. The van der Waals surface area contributed by atoms with Gasteiger partial charge in [-0.3, -0.25) is 9.59 Å². The molecule has 2 fully saturated rings. The molecule has 0 aliphatic heterocycles. The lowest BCUT2D eigenvalue weighted by molar-refractivity contribution is -0.130. The number of amides is 2. The van der Waals surface area contributed by atoms with E-state index < -0.39 is 6.04 Å². The molecule has 4 N–H and O–H groups in total. The predicted octanol–water partition coefficient (Wildman–Crippen LogP) is 8.63. The highest BCUT2D eigenvalue weighted by molar-refractivity contribution is 5.88. The van der Waals surface area contributed by atoms with Gasteiger partial charge in [0, 0.05) is 6.54 Å². The Morgan fingerprint density at radius 3 is 2.33 bits per heavy atom. The second-order valence-electron chi connectivity index (χ2n) is 16.1. The number of fused-ring (bicyclic) bond motifs is 5. The van der Waals surface area contributed by atoms with Gasteiger partial charge in [-0.15, -0.1) is 0 Å². The van der Waals surface area contributed by atoms with Gasteiger partial charge in [0.05, 0.1) is 12.5 Å². The molecule has 0 unspecified atom stereocenters. The molecule has 3 aliphatic carbocycles. The highest BCUT2D eigenvalue weighted by Crippen LogP contribution is 2.62. The van der Waals surface area contributed by atoms with Crippen LogP contribution in [0.1, 0.15) is 140 Å². The summed E-state index contributed by atoms with van der Waals surface area (Å²) in [5.74, 6) is 2.82. The van der Waals surface area contributed by atoms with Crippen molar-refractivity contribution in [2.45, 2.75) is 148 Å². The Morgan fingerprint density at radius 2 is 1.61 bits per heavy atom. The van der Waals surface area contributed by atoms with Crippen molar-refractivity contribution in [3.05, 3.63) is 65.2 Å². The fourth-order valence-corrected chi connectivity index (χ4v) is 9.83. The van der Waals surface area contributed by atoms with Crippen LogP contribution >= 0.6 is 0 Å². The number of carbonyl (C=O) groups excluding carboxylic acids is 2. The lowest BCUT2D eigenvalue weighted by Crippen LogP contribution is -2.50. The zero-order valence-electron chi connectivity index (χ0n) is 30.6. The highest BCUT2D eigenvalue weighted by atomic mass is 16.3. The fraction of sp³-hybridized carbons (Fsp3) is 0.674. The van der Waals surface area contributed by atoms with Crippen LogP contribution in [0.4, 0.5) is 0 Å². The number of aliphatic hydroxyl groups excluding tert-OH is 1. The van der Waals surface area contributed by atoms with Crippen molar-refractivity contribution in [2.24, 2.45) is 29.1 Å². The lowest BCUT2D eigenvalue weighted by atomic mass is 9.52. The van der Waals surface area contributed by atoms with E-state index in [9.17, 15) is 19.8 Å². The normalized spacial score (nSPS) is 27.0. The van der Waals surface area contributed by atoms with Crippen LogP contribution in [0, 0.1) is 29.1 Å². The molecule has 2 saturated carbocycles. The number of aromatic hydroxyl groups is 1. The first-order valence-electron chi connectivity index (χ1n) is 19.8. The first kappa shape index (κ1) is 37.4. The lowest BCUT2D eigenvalue weighted by Gasteiger charge is -2.53. The van der Waals surface area contributed by atoms with E-state index in [0.717, 1.165) is 44.1 Å². The van der Waals surface area contributed by atoms with Gasteiger partial charge in [0.1, 0.15) is 11.8 Å². The average molecular weight is 673 g/mol. The van der Waals surface area contributed by atoms with E-state index in [1.165, 1.54) is 75.3 Å². The third-order valence-electron chi connectivity index (χ3n) is 12.9. The molecule has 5 rings (SSSR count). The average Bonchev–Trinajstić information content (AvgIpc) is 3.40. The second kappa shape index (κ2) is 17.9. The molecule has 2 aromatic carbocycles. The van der Waals surface area contributed by atoms with Crippen LogP contribution in [0.15, 0.2) is 48.5 Å². The van der Waals surface area contributed by atoms with E-state index >= 15 is 0 Å². The predicted molar refractivity (Wildman–Crippen MR) is 198 cm³/mol. The van der Waals surface area contributed by atoms with Crippen LogP contribution in [0.5, 0.6) is 5.75 Å². The van der Waals surface area contributed by atoms with Crippen LogP contribution in [-0.2, 0) is 22.4 Å². The molecule has 270 valence electrons.